The third kappa shape index (κ3) is 9.91. The fourth-order valence-electron chi connectivity index (χ4n) is 3.29. The number of esters is 1. The molecule has 0 radical (unpaired) electrons. The first-order valence-electron chi connectivity index (χ1n) is 11.0. The highest BCUT2D eigenvalue weighted by Gasteiger charge is 2.36. The van der Waals surface area contributed by atoms with Crippen LogP contribution in [0.4, 0.5) is 4.79 Å². The molecule has 10 heteroatoms. The number of alkyl carbamates (subject to hydrolysis) is 1. The first-order chi connectivity index (χ1) is 16.3. The largest absolute Gasteiger partial charge is 0.468 e. The number of aryl methyl sites for hydroxylation is 2. The fraction of sp³-hybridized carbons (Fsp3) is 0.520. The van der Waals surface area contributed by atoms with Crippen LogP contribution in [0.2, 0.25) is 0 Å². The summed E-state index contributed by atoms with van der Waals surface area (Å²) in [7, 11) is 1.20. The van der Waals surface area contributed by atoms with Crippen molar-refractivity contribution in [2.45, 2.75) is 58.7 Å². The van der Waals surface area contributed by atoms with Gasteiger partial charge in [-0.05, 0) is 58.6 Å². The van der Waals surface area contributed by atoms with Gasteiger partial charge in [0.25, 0.3) is 5.91 Å². The van der Waals surface area contributed by atoms with Gasteiger partial charge in [-0.1, -0.05) is 35.7 Å². The van der Waals surface area contributed by atoms with E-state index in [1.807, 2.05) is 26.2 Å². The first-order valence-corrected chi connectivity index (χ1v) is 12.4. The zero-order valence-electron chi connectivity index (χ0n) is 21.4. The third-order valence-corrected chi connectivity index (χ3v) is 5.32. The molecule has 0 aliphatic heterocycles. The molecule has 1 aromatic rings. The Morgan fingerprint density at radius 1 is 1.14 bits per heavy atom. The van der Waals surface area contributed by atoms with Crippen molar-refractivity contribution in [1.82, 2.24) is 15.5 Å². The Morgan fingerprint density at radius 3 is 2.23 bits per heavy atom. The molecule has 0 heterocycles. The Kier molecular flexibility index (Phi) is 11.6. The van der Waals surface area contributed by atoms with Crippen molar-refractivity contribution >= 4 is 35.6 Å². The molecule has 192 valence electrons. The van der Waals surface area contributed by atoms with E-state index in [0.717, 1.165) is 16.0 Å². The molecule has 2 unspecified atom stereocenters. The lowest BCUT2D eigenvalue weighted by molar-refractivity contribution is -0.142. The zero-order valence-corrected chi connectivity index (χ0v) is 22.2. The molecule has 35 heavy (non-hydrogen) atoms. The molecule has 2 N–H and O–H groups in total. The number of terminal acetylenes is 1. The molecule has 1 rings (SSSR count). The lowest BCUT2D eigenvalue weighted by Gasteiger charge is -2.30. The molecule has 0 aromatic heterocycles. The van der Waals surface area contributed by atoms with Gasteiger partial charge in [0.2, 0.25) is 5.91 Å². The Morgan fingerprint density at radius 2 is 1.74 bits per heavy atom. The van der Waals surface area contributed by atoms with E-state index in [1.165, 1.54) is 18.9 Å². The predicted molar refractivity (Wildman–Crippen MR) is 136 cm³/mol. The van der Waals surface area contributed by atoms with Crippen molar-refractivity contribution in [3.8, 4) is 12.5 Å². The lowest BCUT2D eigenvalue weighted by atomic mass is 9.98. The van der Waals surface area contributed by atoms with Crippen LogP contribution >= 0.6 is 11.8 Å². The topological polar surface area (TPSA) is 114 Å². The second kappa shape index (κ2) is 13.6. The van der Waals surface area contributed by atoms with E-state index in [0.29, 0.717) is 11.3 Å². The van der Waals surface area contributed by atoms with Crippen LogP contribution in [0, 0.1) is 26.3 Å². The average molecular weight is 506 g/mol. The van der Waals surface area contributed by atoms with Gasteiger partial charge in [0.05, 0.1) is 7.11 Å². The van der Waals surface area contributed by atoms with Gasteiger partial charge < -0.3 is 20.1 Å². The molecule has 0 spiro atoms. The van der Waals surface area contributed by atoms with E-state index in [9.17, 15) is 19.2 Å². The maximum atomic E-state index is 13.6. The smallest absolute Gasteiger partial charge is 0.408 e. The van der Waals surface area contributed by atoms with Gasteiger partial charge in [-0.15, -0.1) is 0 Å². The normalized spacial score (nSPS) is 12.5. The highest BCUT2D eigenvalue weighted by Crippen LogP contribution is 2.25. The molecule has 3 amide bonds. The van der Waals surface area contributed by atoms with Gasteiger partial charge in [0.1, 0.15) is 24.2 Å². The van der Waals surface area contributed by atoms with Crippen molar-refractivity contribution in [1.29, 1.82) is 0 Å². The molecule has 2 atom stereocenters. The Labute approximate surface area is 211 Å². The zero-order chi connectivity index (χ0) is 26.8. The summed E-state index contributed by atoms with van der Waals surface area (Å²) in [6.07, 6.45) is 7.10. The number of carbonyl (C=O) groups is 4. The van der Waals surface area contributed by atoms with E-state index >= 15 is 0 Å². The molecule has 0 fully saturated rings. The van der Waals surface area contributed by atoms with Crippen LogP contribution in [-0.4, -0.2) is 66.1 Å². The molecule has 0 saturated carbocycles. The number of carbonyl (C=O) groups excluding carboxylic acids is 4. The van der Waals surface area contributed by atoms with E-state index in [1.54, 1.807) is 32.9 Å². The second-order valence-corrected chi connectivity index (χ2v) is 9.92. The monoisotopic (exact) mass is 505 g/mol. The number of benzene rings is 1. The number of hydrogen-bond acceptors (Lipinski definition) is 7. The van der Waals surface area contributed by atoms with Crippen molar-refractivity contribution in [3.63, 3.8) is 0 Å². The van der Waals surface area contributed by atoms with E-state index in [2.05, 4.69) is 21.4 Å². The minimum absolute atomic E-state index is 0.265. The standard InChI is InChI=1S/C25H35N3O6S/c1-9-28(23(31)19(10-11-35-8)27-24(32)34-25(4,5)6)21(22(30)26-15-20(29)33-7)18-13-16(2)12-17(3)14-18/h1,12-14,19,21H,10-11,15H2,2-8H3,(H,26,30)(H,27,32). The van der Waals surface area contributed by atoms with Crippen LogP contribution in [0.5, 0.6) is 0 Å². The molecule has 0 bridgehead atoms. The van der Waals surface area contributed by atoms with E-state index in [-0.39, 0.29) is 6.42 Å². The predicted octanol–water partition coefficient (Wildman–Crippen LogP) is 2.70. The van der Waals surface area contributed by atoms with Crippen LogP contribution in [0.25, 0.3) is 0 Å². The molecule has 9 nitrogen and oxygen atoms in total. The molecular formula is C25H35N3O6S. The number of thioether (sulfide) groups is 1. The number of nitrogens with zero attached hydrogens (tertiary/aromatic N) is 1. The van der Waals surface area contributed by atoms with Crippen LogP contribution < -0.4 is 10.6 Å². The van der Waals surface area contributed by atoms with Gasteiger partial charge in [-0.25, -0.2) is 4.79 Å². The maximum absolute atomic E-state index is 13.6. The Balaban J connectivity index is 3.40. The summed E-state index contributed by atoms with van der Waals surface area (Å²) in [6.45, 7) is 8.44. The van der Waals surface area contributed by atoms with Crippen LogP contribution in [0.3, 0.4) is 0 Å². The van der Waals surface area contributed by atoms with Crippen molar-refractivity contribution in [2.75, 3.05) is 25.7 Å². The van der Waals surface area contributed by atoms with Gasteiger partial charge in [-0.3, -0.25) is 19.3 Å². The highest BCUT2D eigenvalue weighted by molar-refractivity contribution is 7.98. The number of methoxy groups -OCH3 is 1. The molecule has 0 saturated heterocycles. The molecule has 1 aromatic carbocycles. The minimum Gasteiger partial charge on any atom is -0.468 e. The minimum atomic E-state index is -1.24. The molecular weight excluding hydrogens is 470 g/mol. The van der Waals surface area contributed by atoms with E-state index < -0.39 is 48.1 Å². The van der Waals surface area contributed by atoms with Crippen LogP contribution in [0.1, 0.15) is 49.9 Å². The molecule has 0 aliphatic rings. The number of rotatable bonds is 10. The van der Waals surface area contributed by atoms with Crippen molar-refractivity contribution < 1.29 is 28.7 Å². The summed E-state index contributed by atoms with van der Waals surface area (Å²) >= 11 is 1.49. The first kappa shape index (κ1) is 29.8. The van der Waals surface area contributed by atoms with Crippen molar-refractivity contribution in [3.05, 3.63) is 34.9 Å². The number of amides is 3. The fourth-order valence-corrected chi connectivity index (χ4v) is 3.76. The van der Waals surface area contributed by atoms with Gasteiger partial charge in [0.15, 0.2) is 0 Å². The average Bonchev–Trinajstić information content (AvgIpc) is 2.75. The number of ether oxygens (including phenoxy) is 2. The Hall–Kier alpha value is -3.19. The van der Waals surface area contributed by atoms with Gasteiger partial charge in [-0.2, -0.15) is 11.8 Å². The summed E-state index contributed by atoms with van der Waals surface area (Å²) in [4.78, 5) is 51.8. The SMILES string of the molecule is C#CN(C(=O)C(CCSC)NC(=O)OC(C)(C)C)C(C(=O)NCC(=O)OC)c1cc(C)cc(C)c1. The lowest BCUT2D eigenvalue weighted by Crippen LogP contribution is -2.52. The summed E-state index contributed by atoms with van der Waals surface area (Å²) < 4.78 is 9.89. The van der Waals surface area contributed by atoms with E-state index in [4.69, 9.17) is 11.2 Å². The Bertz CT molecular complexity index is 947. The van der Waals surface area contributed by atoms with Crippen LogP contribution in [-0.2, 0) is 23.9 Å². The summed E-state index contributed by atoms with van der Waals surface area (Å²) in [5.74, 6) is -1.41. The maximum Gasteiger partial charge on any atom is 0.408 e. The quantitative estimate of drug-likeness (QED) is 0.285. The number of nitrogens with one attached hydrogen (secondary N) is 2. The second-order valence-electron chi connectivity index (χ2n) is 8.94. The third-order valence-electron chi connectivity index (χ3n) is 4.68. The summed E-state index contributed by atoms with van der Waals surface area (Å²) in [5, 5.41) is 5.06. The summed E-state index contributed by atoms with van der Waals surface area (Å²) in [6, 6.07) is 5.43. The molecule has 0 aliphatic carbocycles. The van der Waals surface area contributed by atoms with Crippen molar-refractivity contribution in [2.24, 2.45) is 0 Å². The summed E-state index contributed by atoms with van der Waals surface area (Å²) in [5.41, 5.74) is 1.43. The van der Waals surface area contributed by atoms with Gasteiger partial charge >= 0.3 is 12.1 Å². The van der Waals surface area contributed by atoms with Gasteiger partial charge in [0, 0.05) is 6.04 Å². The highest BCUT2D eigenvalue weighted by atomic mass is 32.2. The van der Waals surface area contributed by atoms with Crippen LogP contribution in [0.15, 0.2) is 18.2 Å². The number of hydrogen-bond donors (Lipinski definition) is 2.